The second kappa shape index (κ2) is 7.02. The van der Waals surface area contributed by atoms with Crippen LogP contribution in [-0.4, -0.2) is 59.7 Å². The Bertz CT molecular complexity index is 529. The first kappa shape index (κ1) is 15.8. The van der Waals surface area contributed by atoms with E-state index in [1.54, 1.807) is 23.1 Å². The van der Waals surface area contributed by atoms with Gasteiger partial charge >= 0.3 is 0 Å². The first-order valence-electron chi connectivity index (χ1n) is 7.50. The molecule has 3 heterocycles. The van der Waals surface area contributed by atoms with E-state index in [0.29, 0.717) is 39.3 Å². The maximum Gasteiger partial charge on any atom is 0.236 e. The van der Waals surface area contributed by atoms with Crippen LogP contribution in [0.5, 0.6) is 0 Å². The topological polar surface area (TPSA) is 49.9 Å². The van der Waals surface area contributed by atoms with E-state index in [2.05, 4.69) is 11.4 Å². The van der Waals surface area contributed by atoms with E-state index in [0.717, 1.165) is 5.56 Å². The average molecular weight is 340 g/mol. The number of thiophene rings is 1. The maximum absolute atomic E-state index is 12.4. The van der Waals surface area contributed by atoms with Crippen molar-refractivity contribution < 1.29 is 14.3 Å². The molecule has 1 aromatic heterocycles. The van der Waals surface area contributed by atoms with Crippen molar-refractivity contribution in [2.75, 3.05) is 32.8 Å². The van der Waals surface area contributed by atoms with Crippen LogP contribution >= 0.6 is 23.1 Å². The normalized spacial score (nSPS) is 25.8. The number of hydrogen-bond donors (Lipinski definition) is 0. The first-order chi connectivity index (χ1) is 10.7. The van der Waals surface area contributed by atoms with Crippen molar-refractivity contribution in [2.24, 2.45) is 0 Å². The Kier molecular flexibility index (Phi) is 5.05. The SMILES string of the molecule is CC1SC(c2ccsc2)N(CCC(=O)N2CCOCC2)C1=O. The molecule has 0 aliphatic carbocycles. The maximum atomic E-state index is 12.4. The van der Waals surface area contributed by atoms with Crippen LogP contribution < -0.4 is 0 Å². The van der Waals surface area contributed by atoms with Gasteiger partial charge in [0, 0.05) is 26.1 Å². The Morgan fingerprint density at radius 2 is 2.18 bits per heavy atom. The highest BCUT2D eigenvalue weighted by Crippen LogP contribution is 2.43. The molecule has 0 saturated carbocycles. The van der Waals surface area contributed by atoms with Crippen LogP contribution in [-0.2, 0) is 14.3 Å². The highest BCUT2D eigenvalue weighted by atomic mass is 32.2. The summed E-state index contributed by atoms with van der Waals surface area (Å²) < 4.78 is 5.26. The molecule has 1 aromatic rings. The van der Waals surface area contributed by atoms with Gasteiger partial charge in [-0.25, -0.2) is 0 Å². The minimum Gasteiger partial charge on any atom is -0.378 e. The van der Waals surface area contributed by atoms with E-state index in [1.165, 1.54) is 0 Å². The first-order valence-corrected chi connectivity index (χ1v) is 9.39. The van der Waals surface area contributed by atoms with Gasteiger partial charge in [0.1, 0.15) is 5.37 Å². The van der Waals surface area contributed by atoms with Gasteiger partial charge in [-0.2, -0.15) is 11.3 Å². The van der Waals surface area contributed by atoms with E-state index in [-0.39, 0.29) is 22.4 Å². The molecule has 22 heavy (non-hydrogen) atoms. The van der Waals surface area contributed by atoms with Crippen LogP contribution in [0.25, 0.3) is 0 Å². The lowest BCUT2D eigenvalue weighted by Crippen LogP contribution is -2.42. The Hall–Kier alpha value is -1.05. The molecule has 0 N–H and O–H groups in total. The van der Waals surface area contributed by atoms with Gasteiger partial charge in [-0.05, 0) is 29.3 Å². The zero-order chi connectivity index (χ0) is 15.5. The number of carbonyl (C=O) groups excluding carboxylic acids is 2. The summed E-state index contributed by atoms with van der Waals surface area (Å²) in [6.45, 7) is 4.97. The largest absolute Gasteiger partial charge is 0.378 e. The van der Waals surface area contributed by atoms with Crippen LogP contribution in [0.15, 0.2) is 16.8 Å². The fraction of sp³-hybridized carbons (Fsp3) is 0.600. The number of rotatable bonds is 4. The molecule has 0 bridgehead atoms. The predicted octanol–water partition coefficient (Wildman–Crippen LogP) is 1.96. The van der Waals surface area contributed by atoms with Crippen molar-refractivity contribution in [2.45, 2.75) is 24.0 Å². The molecule has 2 amide bonds. The Morgan fingerprint density at radius 1 is 1.41 bits per heavy atom. The fourth-order valence-corrected chi connectivity index (χ4v) is 4.83. The highest BCUT2D eigenvalue weighted by Gasteiger charge is 2.38. The van der Waals surface area contributed by atoms with Crippen molar-refractivity contribution in [1.82, 2.24) is 9.80 Å². The average Bonchev–Trinajstić information content (AvgIpc) is 3.16. The van der Waals surface area contributed by atoms with Crippen molar-refractivity contribution in [3.05, 3.63) is 22.4 Å². The van der Waals surface area contributed by atoms with Gasteiger partial charge in [0.2, 0.25) is 11.8 Å². The zero-order valence-corrected chi connectivity index (χ0v) is 14.2. The highest BCUT2D eigenvalue weighted by molar-refractivity contribution is 8.01. The molecule has 2 aliphatic rings. The third-order valence-electron chi connectivity index (χ3n) is 4.01. The summed E-state index contributed by atoms with van der Waals surface area (Å²) in [5.41, 5.74) is 1.16. The lowest BCUT2D eigenvalue weighted by Gasteiger charge is -2.28. The number of nitrogens with zero attached hydrogens (tertiary/aromatic N) is 2. The van der Waals surface area contributed by atoms with Crippen molar-refractivity contribution >= 4 is 34.9 Å². The molecule has 2 aliphatic heterocycles. The number of amides is 2. The molecule has 0 spiro atoms. The molecule has 120 valence electrons. The monoisotopic (exact) mass is 340 g/mol. The van der Waals surface area contributed by atoms with Gasteiger partial charge in [-0.3, -0.25) is 9.59 Å². The van der Waals surface area contributed by atoms with E-state index >= 15 is 0 Å². The van der Waals surface area contributed by atoms with Crippen molar-refractivity contribution in [1.29, 1.82) is 0 Å². The number of hydrogen-bond acceptors (Lipinski definition) is 5. The molecule has 2 saturated heterocycles. The molecule has 2 fully saturated rings. The molecule has 3 rings (SSSR count). The van der Waals surface area contributed by atoms with Crippen LogP contribution in [0.3, 0.4) is 0 Å². The lowest BCUT2D eigenvalue weighted by atomic mass is 10.2. The van der Waals surface area contributed by atoms with Gasteiger partial charge in [0.05, 0.1) is 18.5 Å². The summed E-state index contributed by atoms with van der Waals surface area (Å²) >= 11 is 3.30. The summed E-state index contributed by atoms with van der Waals surface area (Å²) in [5, 5.41) is 4.12. The van der Waals surface area contributed by atoms with Crippen LogP contribution in [0.1, 0.15) is 24.3 Å². The number of carbonyl (C=O) groups is 2. The van der Waals surface area contributed by atoms with Crippen LogP contribution in [0, 0.1) is 0 Å². The van der Waals surface area contributed by atoms with E-state index < -0.39 is 0 Å². The minimum absolute atomic E-state index is 0.0385. The molecule has 7 heteroatoms. The standard InChI is InChI=1S/C15H20N2O3S2/c1-11-14(19)17(15(22-11)12-3-9-21-10-12)4-2-13(18)16-5-7-20-8-6-16/h3,9-11,15H,2,4-8H2,1H3. The molecular formula is C15H20N2O3S2. The lowest BCUT2D eigenvalue weighted by molar-refractivity contribution is -0.136. The minimum atomic E-state index is -0.0385. The molecule has 2 unspecified atom stereocenters. The number of morpholine rings is 1. The number of thioether (sulfide) groups is 1. The van der Waals surface area contributed by atoms with E-state index in [9.17, 15) is 9.59 Å². The summed E-state index contributed by atoms with van der Waals surface area (Å²) in [6.07, 6.45) is 0.389. The van der Waals surface area contributed by atoms with Crippen molar-refractivity contribution in [3.63, 3.8) is 0 Å². The van der Waals surface area contributed by atoms with Gasteiger partial charge in [0.15, 0.2) is 0 Å². The summed E-state index contributed by atoms with van der Waals surface area (Å²) in [5.74, 6) is 0.251. The molecule has 0 radical (unpaired) electrons. The Labute approximate surface area is 138 Å². The second-order valence-electron chi connectivity index (χ2n) is 5.46. The molecule has 2 atom stereocenters. The Morgan fingerprint density at radius 3 is 2.86 bits per heavy atom. The van der Waals surface area contributed by atoms with Gasteiger partial charge in [0.25, 0.3) is 0 Å². The van der Waals surface area contributed by atoms with E-state index in [4.69, 9.17) is 4.74 Å². The van der Waals surface area contributed by atoms with Crippen LogP contribution in [0.2, 0.25) is 0 Å². The van der Waals surface area contributed by atoms with Gasteiger partial charge in [-0.15, -0.1) is 11.8 Å². The molecule has 0 aromatic carbocycles. The second-order valence-corrected chi connectivity index (χ2v) is 7.67. The number of ether oxygens (including phenoxy) is 1. The van der Waals surface area contributed by atoms with Crippen molar-refractivity contribution in [3.8, 4) is 0 Å². The summed E-state index contributed by atoms with van der Waals surface area (Å²) in [7, 11) is 0. The fourth-order valence-electron chi connectivity index (χ4n) is 2.76. The quantitative estimate of drug-likeness (QED) is 0.841. The van der Waals surface area contributed by atoms with Crippen LogP contribution in [0.4, 0.5) is 0 Å². The molecular weight excluding hydrogens is 320 g/mol. The summed E-state index contributed by atoms with van der Waals surface area (Å²) in [6, 6.07) is 2.06. The third kappa shape index (κ3) is 3.31. The smallest absolute Gasteiger partial charge is 0.236 e. The van der Waals surface area contributed by atoms with E-state index in [1.807, 2.05) is 22.1 Å². The molecule has 5 nitrogen and oxygen atoms in total. The van der Waals surface area contributed by atoms with Gasteiger partial charge in [-0.1, -0.05) is 0 Å². The predicted molar refractivity (Wildman–Crippen MR) is 87.8 cm³/mol. The van der Waals surface area contributed by atoms with Gasteiger partial charge < -0.3 is 14.5 Å². The third-order valence-corrected chi connectivity index (χ3v) is 6.10. The summed E-state index contributed by atoms with van der Waals surface area (Å²) in [4.78, 5) is 28.3. The Balaban J connectivity index is 1.61. The zero-order valence-electron chi connectivity index (χ0n) is 12.6.